The van der Waals surface area contributed by atoms with E-state index in [1.807, 2.05) is 12.1 Å². The molecule has 0 bridgehead atoms. The third kappa shape index (κ3) is 11.5. The van der Waals surface area contributed by atoms with Gasteiger partial charge in [-0.25, -0.2) is 13.2 Å². The van der Waals surface area contributed by atoms with E-state index in [0.29, 0.717) is 18.7 Å². The SMILES string of the molecule is C=Cc1cc(CNC(=O)NCc2ccc(C(C)(C)C)cc2)cc(Cl)c1NS(C)(=O)=O.CC(C)(C)c1ccc(CN)cc1. The van der Waals surface area contributed by atoms with Crippen LogP contribution in [0.15, 0.2) is 67.2 Å². The molecule has 0 heterocycles. The summed E-state index contributed by atoms with van der Waals surface area (Å²) in [5.74, 6) is 0. The highest BCUT2D eigenvalue weighted by Crippen LogP contribution is 2.30. The van der Waals surface area contributed by atoms with Gasteiger partial charge in [0.15, 0.2) is 0 Å². The number of rotatable bonds is 8. The molecule has 0 radical (unpaired) electrons. The van der Waals surface area contributed by atoms with Crippen LogP contribution in [0.25, 0.3) is 6.08 Å². The van der Waals surface area contributed by atoms with E-state index in [-0.39, 0.29) is 34.1 Å². The van der Waals surface area contributed by atoms with Crippen molar-refractivity contribution in [2.45, 2.75) is 72.0 Å². The number of sulfonamides is 1. The molecule has 228 valence electrons. The summed E-state index contributed by atoms with van der Waals surface area (Å²) in [5.41, 5.74) is 12.2. The summed E-state index contributed by atoms with van der Waals surface area (Å²) in [6.45, 7) is 18.1. The summed E-state index contributed by atoms with van der Waals surface area (Å²) in [7, 11) is -3.48. The second-order valence-corrected chi connectivity index (χ2v) is 14.4. The summed E-state index contributed by atoms with van der Waals surface area (Å²) in [6.07, 6.45) is 2.55. The fourth-order valence-corrected chi connectivity index (χ4v) is 4.88. The first kappa shape index (κ1) is 34.9. The van der Waals surface area contributed by atoms with Gasteiger partial charge in [-0.3, -0.25) is 4.72 Å². The van der Waals surface area contributed by atoms with Crippen molar-refractivity contribution < 1.29 is 13.2 Å². The fourth-order valence-electron chi connectivity index (χ4n) is 3.93. The van der Waals surface area contributed by atoms with Gasteiger partial charge >= 0.3 is 6.03 Å². The molecule has 3 rings (SSSR count). The second-order valence-electron chi connectivity index (χ2n) is 12.3. The standard InChI is InChI=1S/C22H28ClN3O3S.C11H17N/c1-6-17-11-16(12-19(23)20(17)26-30(5,28)29)14-25-21(27)24-13-15-7-9-18(10-8-15)22(2,3)4;1-11(2,3)10-6-4-9(8-12)5-7-10/h6-12,26H,1,13-14H2,2-5H3,(H2,24,25,27);4-7H,8,12H2,1-3H3. The monoisotopic (exact) mass is 612 g/mol. The van der Waals surface area contributed by atoms with Gasteiger partial charge in [-0.15, -0.1) is 0 Å². The van der Waals surface area contributed by atoms with Crippen LogP contribution in [0.1, 0.15) is 74.9 Å². The number of nitrogens with two attached hydrogens (primary N) is 1. The molecule has 5 N–H and O–H groups in total. The Kier molecular flexibility index (Phi) is 12.2. The summed E-state index contributed by atoms with van der Waals surface area (Å²) in [6, 6.07) is 19.7. The molecule has 0 aliphatic rings. The third-order valence-corrected chi connectivity index (χ3v) is 7.34. The van der Waals surface area contributed by atoms with Gasteiger partial charge in [0.25, 0.3) is 0 Å². The van der Waals surface area contributed by atoms with Crippen LogP contribution in [0, 0.1) is 0 Å². The first-order valence-electron chi connectivity index (χ1n) is 13.8. The van der Waals surface area contributed by atoms with Crippen molar-refractivity contribution in [2.24, 2.45) is 5.73 Å². The molecule has 9 heteroatoms. The van der Waals surface area contributed by atoms with Crippen molar-refractivity contribution in [3.05, 3.63) is 106 Å². The molecule has 0 aliphatic heterocycles. The summed E-state index contributed by atoms with van der Waals surface area (Å²) in [5, 5.41) is 5.82. The molecule has 0 aliphatic carbocycles. The van der Waals surface area contributed by atoms with E-state index in [9.17, 15) is 13.2 Å². The summed E-state index contributed by atoms with van der Waals surface area (Å²) >= 11 is 6.22. The van der Waals surface area contributed by atoms with E-state index in [4.69, 9.17) is 17.3 Å². The minimum Gasteiger partial charge on any atom is -0.334 e. The predicted octanol–water partition coefficient (Wildman–Crippen LogP) is 7.09. The van der Waals surface area contributed by atoms with Gasteiger partial charge in [0.1, 0.15) is 0 Å². The van der Waals surface area contributed by atoms with Crippen molar-refractivity contribution in [2.75, 3.05) is 11.0 Å². The molecule has 0 aromatic heterocycles. The molecule has 0 atom stereocenters. The van der Waals surface area contributed by atoms with Crippen molar-refractivity contribution >= 4 is 39.4 Å². The van der Waals surface area contributed by atoms with E-state index in [1.54, 1.807) is 12.1 Å². The molecule has 0 unspecified atom stereocenters. The first-order chi connectivity index (χ1) is 19.4. The predicted molar refractivity (Wildman–Crippen MR) is 177 cm³/mol. The topological polar surface area (TPSA) is 113 Å². The Morgan fingerprint density at radius 2 is 1.29 bits per heavy atom. The van der Waals surface area contributed by atoms with Crippen LogP contribution in [-0.2, 0) is 40.5 Å². The maximum Gasteiger partial charge on any atom is 0.315 e. The summed E-state index contributed by atoms with van der Waals surface area (Å²) in [4.78, 5) is 12.1. The number of benzene rings is 3. The minimum atomic E-state index is -3.48. The summed E-state index contributed by atoms with van der Waals surface area (Å²) < 4.78 is 25.4. The van der Waals surface area contributed by atoms with Gasteiger partial charge in [0.05, 0.1) is 17.0 Å². The van der Waals surface area contributed by atoms with Crippen LogP contribution in [0.2, 0.25) is 5.02 Å². The zero-order chi connectivity index (χ0) is 31.7. The number of anilines is 1. The number of carbonyl (C=O) groups is 1. The van der Waals surface area contributed by atoms with Gasteiger partial charge in [0.2, 0.25) is 10.0 Å². The highest BCUT2D eigenvalue weighted by molar-refractivity contribution is 7.92. The second kappa shape index (κ2) is 14.7. The largest absolute Gasteiger partial charge is 0.334 e. The van der Waals surface area contributed by atoms with Crippen LogP contribution in [0.3, 0.4) is 0 Å². The molecule has 3 aromatic carbocycles. The van der Waals surface area contributed by atoms with Crippen molar-refractivity contribution in [3.8, 4) is 0 Å². The molecular formula is C33H45ClN4O3S. The maximum atomic E-state index is 12.1. The zero-order valence-corrected chi connectivity index (χ0v) is 27.3. The molecule has 7 nitrogen and oxygen atoms in total. The lowest BCUT2D eigenvalue weighted by Crippen LogP contribution is -2.34. The Labute approximate surface area is 257 Å². The molecule has 2 amide bonds. The number of hydrogen-bond acceptors (Lipinski definition) is 4. The lowest BCUT2D eigenvalue weighted by molar-refractivity contribution is 0.240. The Morgan fingerprint density at radius 1 is 0.833 bits per heavy atom. The Balaban J connectivity index is 0.000000428. The van der Waals surface area contributed by atoms with Gasteiger partial charge in [-0.05, 0) is 56.3 Å². The van der Waals surface area contributed by atoms with Crippen LogP contribution in [0.5, 0.6) is 0 Å². The fraction of sp³-hybridized carbons (Fsp3) is 0.364. The van der Waals surface area contributed by atoms with E-state index in [2.05, 4.69) is 99.9 Å². The van der Waals surface area contributed by atoms with Gasteiger partial charge in [0, 0.05) is 19.6 Å². The molecule has 0 saturated carbocycles. The lowest BCUT2D eigenvalue weighted by Gasteiger charge is -2.19. The van der Waals surface area contributed by atoms with E-state index in [0.717, 1.165) is 17.4 Å². The smallest absolute Gasteiger partial charge is 0.315 e. The highest BCUT2D eigenvalue weighted by Gasteiger charge is 2.14. The van der Waals surface area contributed by atoms with Gasteiger partial charge in [-0.1, -0.05) is 114 Å². The average Bonchev–Trinajstić information content (AvgIpc) is 2.91. The Bertz CT molecular complexity index is 1460. The molecule has 3 aromatic rings. The Hall–Kier alpha value is -3.33. The maximum absolute atomic E-state index is 12.1. The molecule has 0 spiro atoms. The number of amides is 2. The number of carbonyl (C=O) groups excluding carboxylic acids is 1. The highest BCUT2D eigenvalue weighted by atomic mass is 35.5. The molecular weight excluding hydrogens is 568 g/mol. The lowest BCUT2D eigenvalue weighted by atomic mass is 9.87. The van der Waals surface area contributed by atoms with Crippen LogP contribution < -0.4 is 21.1 Å². The molecule has 0 fully saturated rings. The van der Waals surface area contributed by atoms with Crippen LogP contribution in [-0.4, -0.2) is 20.7 Å². The number of hydrogen-bond donors (Lipinski definition) is 4. The van der Waals surface area contributed by atoms with Gasteiger partial charge in [-0.2, -0.15) is 0 Å². The normalized spacial score (nSPS) is 11.6. The van der Waals surface area contributed by atoms with Gasteiger partial charge < -0.3 is 16.4 Å². The molecule has 0 saturated heterocycles. The number of halogens is 1. The third-order valence-electron chi connectivity index (χ3n) is 6.47. The molecule has 42 heavy (non-hydrogen) atoms. The van der Waals surface area contributed by atoms with E-state index < -0.39 is 10.0 Å². The number of nitrogens with one attached hydrogen (secondary N) is 3. The zero-order valence-electron chi connectivity index (χ0n) is 25.8. The Morgan fingerprint density at radius 3 is 1.69 bits per heavy atom. The van der Waals surface area contributed by atoms with Crippen molar-refractivity contribution in [1.82, 2.24) is 10.6 Å². The van der Waals surface area contributed by atoms with Crippen molar-refractivity contribution in [3.63, 3.8) is 0 Å². The van der Waals surface area contributed by atoms with E-state index >= 15 is 0 Å². The van der Waals surface area contributed by atoms with Crippen LogP contribution in [0.4, 0.5) is 10.5 Å². The van der Waals surface area contributed by atoms with Crippen molar-refractivity contribution in [1.29, 1.82) is 0 Å². The van der Waals surface area contributed by atoms with E-state index in [1.165, 1.54) is 22.8 Å². The average molecular weight is 613 g/mol. The van der Waals surface area contributed by atoms with Crippen LogP contribution >= 0.6 is 11.6 Å². The minimum absolute atomic E-state index is 0.0846. The first-order valence-corrected chi connectivity index (χ1v) is 16.0. The number of urea groups is 1. The quantitative estimate of drug-likeness (QED) is 0.217.